The first-order valence-corrected chi connectivity index (χ1v) is 8.54. The smallest absolute Gasteiger partial charge is 0.230 e. The van der Waals surface area contributed by atoms with Crippen molar-refractivity contribution in [3.63, 3.8) is 0 Å². The van der Waals surface area contributed by atoms with Gasteiger partial charge in [-0.25, -0.2) is 4.98 Å². The van der Waals surface area contributed by atoms with Crippen LogP contribution in [-0.4, -0.2) is 27.7 Å². The number of para-hydroxylation sites is 1. The van der Waals surface area contributed by atoms with Gasteiger partial charge in [0.05, 0.1) is 0 Å². The zero-order valence-corrected chi connectivity index (χ0v) is 15.3. The summed E-state index contributed by atoms with van der Waals surface area (Å²) >= 11 is 0. The van der Waals surface area contributed by atoms with E-state index < -0.39 is 0 Å². The largest absolute Gasteiger partial charge is 0.439 e. The molecular weight excluding hydrogens is 352 g/mol. The molecule has 2 atom stereocenters. The van der Waals surface area contributed by atoms with Crippen molar-refractivity contribution in [2.45, 2.75) is 31.7 Å². The van der Waals surface area contributed by atoms with Crippen LogP contribution in [0.15, 0.2) is 53.2 Å². The molecule has 0 radical (unpaired) electrons. The SMILES string of the molecule is C[C@H]1C[C@@H](c2nc(-c3ccc(Oc4ccccc4)nc3)no2)CCN1.Cl. The molecule has 0 amide bonds. The van der Waals surface area contributed by atoms with Gasteiger partial charge in [0.1, 0.15) is 5.75 Å². The summed E-state index contributed by atoms with van der Waals surface area (Å²) in [4.78, 5) is 8.90. The van der Waals surface area contributed by atoms with E-state index in [-0.39, 0.29) is 12.4 Å². The van der Waals surface area contributed by atoms with Crippen molar-refractivity contribution < 1.29 is 9.26 Å². The van der Waals surface area contributed by atoms with Crippen LogP contribution in [0.1, 0.15) is 31.6 Å². The van der Waals surface area contributed by atoms with Gasteiger partial charge >= 0.3 is 0 Å². The summed E-state index contributed by atoms with van der Waals surface area (Å²) in [5, 5.41) is 7.55. The van der Waals surface area contributed by atoms with Crippen molar-refractivity contribution in [1.82, 2.24) is 20.4 Å². The summed E-state index contributed by atoms with van der Waals surface area (Å²) in [6.07, 6.45) is 3.75. The van der Waals surface area contributed by atoms with Gasteiger partial charge in [0.25, 0.3) is 0 Å². The lowest BCUT2D eigenvalue weighted by molar-refractivity contribution is 0.295. The highest BCUT2D eigenvalue weighted by Crippen LogP contribution is 2.28. The fourth-order valence-corrected chi connectivity index (χ4v) is 3.06. The highest BCUT2D eigenvalue weighted by atomic mass is 35.5. The summed E-state index contributed by atoms with van der Waals surface area (Å²) in [6.45, 7) is 3.16. The van der Waals surface area contributed by atoms with E-state index in [1.165, 1.54) is 0 Å². The second-order valence-electron chi connectivity index (χ2n) is 6.33. The van der Waals surface area contributed by atoms with Gasteiger partial charge in [-0.2, -0.15) is 4.98 Å². The van der Waals surface area contributed by atoms with Gasteiger partial charge in [-0.1, -0.05) is 23.4 Å². The minimum atomic E-state index is 0. The van der Waals surface area contributed by atoms with Gasteiger partial charge in [-0.3, -0.25) is 0 Å². The molecule has 1 aliphatic rings. The quantitative estimate of drug-likeness (QED) is 0.739. The average Bonchev–Trinajstić information content (AvgIpc) is 3.13. The van der Waals surface area contributed by atoms with Gasteiger partial charge < -0.3 is 14.6 Å². The Kier molecular flexibility index (Phi) is 5.85. The molecule has 1 saturated heterocycles. The molecule has 1 aromatic carbocycles. The normalized spacial score (nSPS) is 19.6. The Labute approximate surface area is 158 Å². The van der Waals surface area contributed by atoms with Crippen molar-refractivity contribution in [2.75, 3.05) is 6.54 Å². The average molecular weight is 373 g/mol. The van der Waals surface area contributed by atoms with Crippen molar-refractivity contribution >= 4 is 12.4 Å². The predicted octanol–water partition coefficient (Wildman–Crippen LogP) is 4.20. The monoisotopic (exact) mass is 372 g/mol. The minimum Gasteiger partial charge on any atom is -0.439 e. The maximum Gasteiger partial charge on any atom is 0.230 e. The Hall–Kier alpha value is -2.44. The number of pyridine rings is 1. The number of hydrogen-bond acceptors (Lipinski definition) is 6. The zero-order valence-electron chi connectivity index (χ0n) is 14.5. The number of halogens is 1. The van der Waals surface area contributed by atoms with Crippen LogP contribution in [0.3, 0.4) is 0 Å². The Morgan fingerprint density at radius 1 is 1.15 bits per heavy atom. The molecule has 0 unspecified atom stereocenters. The minimum absolute atomic E-state index is 0. The molecule has 0 bridgehead atoms. The number of hydrogen-bond donors (Lipinski definition) is 1. The topological polar surface area (TPSA) is 73.1 Å². The van der Waals surface area contributed by atoms with Crippen LogP contribution in [0.2, 0.25) is 0 Å². The second-order valence-corrected chi connectivity index (χ2v) is 6.33. The third-order valence-electron chi connectivity index (χ3n) is 4.37. The van der Waals surface area contributed by atoms with Gasteiger partial charge in [0.15, 0.2) is 0 Å². The molecule has 6 nitrogen and oxygen atoms in total. The molecule has 136 valence electrons. The number of nitrogens with zero attached hydrogens (tertiary/aromatic N) is 3. The molecular formula is C19H21ClN4O2. The standard InChI is InChI=1S/C19H20N4O2.ClH/c1-13-11-14(9-10-20-13)19-22-18(23-25-19)15-7-8-17(21-12-15)24-16-5-3-2-4-6-16;/h2-8,12-14,20H,9-11H2,1H3;1H/t13-,14-;/m0./s1. The molecule has 1 fully saturated rings. The predicted molar refractivity (Wildman–Crippen MR) is 101 cm³/mol. The molecule has 0 spiro atoms. The van der Waals surface area contributed by atoms with E-state index in [0.29, 0.717) is 29.6 Å². The van der Waals surface area contributed by atoms with Crippen LogP contribution < -0.4 is 10.1 Å². The Morgan fingerprint density at radius 3 is 2.73 bits per heavy atom. The number of piperidine rings is 1. The Balaban J connectivity index is 0.00000196. The summed E-state index contributed by atoms with van der Waals surface area (Å²) in [5.41, 5.74) is 0.817. The summed E-state index contributed by atoms with van der Waals surface area (Å²) in [7, 11) is 0. The van der Waals surface area contributed by atoms with Crippen molar-refractivity contribution in [3.05, 3.63) is 54.6 Å². The highest BCUT2D eigenvalue weighted by Gasteiger charge is 2.25. The van der Waals surface area contributed by atoms with Crippen LogP contribution >= 0.6 is 12.4 Å². The van der Waals surface area contributed by atoms with Gasteiger partial charge in [-0.05, 0) is 44.5 Å². The van der Waals surface area contributed by atoms with E-state index in [1.54, 1.807) is 6.20 Å². The number of benzene rings is 1. The first-order valence-electron chi connectivity index (χ1n) is 8.54. The second kappa shape index (κ2) is 8.29. The van der Waals surface area contributed by atoms with Crippen LogP contribution in [0.5, 0.6) is 11.6 Å². The molecule has 2 aromatic heterocycles. The van der Waals surface area contributed by atoms with Gasteiger partial charge in [0, 0.05) is 29.8 Å². The van der Waals surface area contributed by atoms with Crippen LogP contribution in [0.25, 0.3) is 11.4 Å². The summed E-state index contributed by atoms with van der Waals surface area (Å²) in [6, 6.07) is 13.8. The molecule has 3 heterocycles. The lowest BCUT2D eigenvalue weighted by Crippen LogP contribution is -2.34. The molecule has 1 aliphatic heterocycles. The zero-order chi connectivity index (χ0) is 17.1. The van der Waals surface area contributed by atoms with Crippen LogP contribution in [-0.2, 0) is 0 Å². The summed E-state index contributed by atoms with van der Waals surface area (Å²) in [5.74, 6) is 2.90. The van der Waals surface area contributed by atoms with Crippen molar-refractivity contribution in [3.8, 4) is 23.0 Å². The number of nitrogens with one attached hydrogen (secondary N) is 1. The molecule has 0 aliphatic carbocycles. The third kappa shape index (κ3) is 4.20. The van der Waals surface area contributed by atoms with E-state index in [2.05, 4.69) is 27.4 Å². The fourth-order valence-electron chi connectivity index (χ4n) is 3.06. The molecule has 4 rings (SSSR count). The van der Waals surface area contributed by atoms with E-state index in [1.807, 2.05) is 42.5 Å². The third-order valence-corrected chi connectivity index (χ3v) is 4.37. The van der Waals surface area contributed by atoms with Gasteiger partial charge in [-0.15, -0.1) is 12.4 Å². The lowest BCUT2D eigenvalue weighted by atomic mass is 9.93. The van der Waals surface area contributed by atoms with Gasteiger partial charge in [0.2, 0.25) is 17.6 Å². The molecule has 26 heavy (non-hydrogen) atoms. The van der Waals surface area contributed by atoms with E-state index in [9.17, 15) is 0 Å². The Morgan fingerprint density at radius 2 is 2.00 bits per heavy atom. The van der Waals surface area contributed by atoms with Crippen LogP contribution in [0.4, 0.5) is 0 Å². The molecule has 1 N–H and O–H groups in total. The maximum absolute atomic E-state index is 5.70. The maximum atomic E-state index is 5.70. The number of aromatic nitrogens is 3. The molecule has 7 heteroatoms. The van der Waals surface area contributed by atoms with Crippen molar-refractivity contribution in [1.29, 1.82) is 0 Å². The molecule has 3 aromatic rings. The lowest BCUT2D eigenvalue weighted by Gasteiger charge is -2.25. The highest BCUT2D eigenvalue weighted by molar-refractivity contribution is 5.85. The first kappa shape index (κ1) is 18.4. The number of ether oxygens (including phenoxy) is 1. The van der Waals surface area contributed by atoms with E-state index in [4.69, 9.17) is 9.26 Å². The fraction of sp³-hybridized carbons (Fsp3) is 0.316. The van der Waals surface area contributed by atoms with E-state index >= 15 is 0 Å². The first-order chi connectivity index (χ1) is 12.3. The van der Waals surface area contributed by atoms with Crippen LogP contribution in [0, 0.1) is 0 Å². The Bertz CT molecular complexity index is 823. The molecule has 0 saturated carbocycles. The van der Waals surface area contributed by atoms with Crippen molar-refractivity contribution in [2.24, 2.45) is 0 Å². The number of rotatable bonds is 4. The summed E-state index contributed by atoms with van der Waals surface area (Å²) < 4.78 is 11.2. The van der Waals surface area contributed by atoms with E-state index in [0.717, 1.165) is 30.7 Å².